The minimum absolute atomic E-state index is 0.0527. The zero-order valence-electron chi connectivity index (χ0n) is 16.4. The molecular formula is C21H34O3S2. The van der Waals surface area contributed by atoms with Crippen molar-refractivity contribution >= 4 is 29.5 Å². The molecule has 0 radical (unpaired) electrons. The number of ether oxygens (including phenoxy) is 1. The van der Waals surface area contributed by atoms with E-state index < -0.39 is 0 Å². The van der Waals surface area contributed by atoms with Crippen molar-refractivity contribution in [2.45, 2.75) is 82.5 Å². The van der Waals surface area contributed by atoms with Crippen LogP contribution in [0.4, 0.5) is 0 Å². The van der Waals surface area contributed by atoms with Crippen LogP contribution in [0.25, 0.3) is 0 Å². The molecule has 3 aliphatic carbocycles. The van der Waals surface area contributed by atoms with Gasteiger partial charge in [-0.15, -0.1) is 23.5 Å². The topological polar surface area (TPSA) is 46.5 Å². The number of aliphatic hydroxyl groups excluding tert-OH is 1. The van der Waals surface area contributed by atoms with Crippen molar-refractivity contribution in [3.8, 4) is 0 Å². The maximum absolute atomic E-state index is 11.8. The van der Waals surface area contributed by atoms with Gasteiger partial charge in [-0.2, -0.15) is 0 Å². The van der Waals surface area contributed by atoms with E-state index >= 15 is 0 Å². The number of aliphatic hydroxyl groups is 1. The number of fused-ring (bicyclic) bond motifs is 3. The van der Waals surface area contributed by atoms with Crippen LogP contribution in [0.15, 0.2) is 0 Å². The van der Waals surface area contributed by atoms with Crippen molar-refractivity contribution in [2.75, 3.05) is 11.5 Å². The van der Waals surface area contributed by atoms with E-state index in [1.54, 1.807) is 6.92 Å². The smallest absolute Gasteiger partial charge is 0.302 e. The first-order valence-electron chi connectivity index (χ1n) is 10.4. The number of hydrogen-bond donors (Lipinski definition) is 1. The quantitative estimate of drug-likeness (QED) is 0.682. The lowest BCUT2D eigenvalue weighted by atomic mass is 9.46. The normalized spacial score (nSPS) is 49.3. The Balaban J connectivity index is 1.65. The SMILES string of the molecule is CC(=O)O[C@H]1C[C@H]2CCCC[C@]2(C)[C@H]2C[C@@H](O)[C@](C)(C3SCCS3)C[C@H]12. The summed E-state index contributed by atoms with van der Waals surface area (Å²) >= 11 is 4.05. The molecule has 26 heavy (non-hydrogen) atoms. The molecule has 0 amide bonds. The Morgan fingerprint density at radius 1 is 1.12 bits per heavy atom. The molecule has 148 valence electrons. The average Bonchev–Trinajstić information content (AvgIpc) is 3.12. The van der Waals surface area contributed by atoms with E-state index in [-0.39, 0.29) is 23.6 Å². The summed E-state index contributed by atoms with van der Waals surface area (Å²) in [7, 11) is 0. The van der Waals surface area contributed by atoms with Crippen molar-refractivity contribution in [2.24, 2.45) is 28.6 Å². The van der Waals surface area contributed by atoms with Crippen molar-refractivity contribution in [3.05, 3.63) is 0 Å². The Kier molecular flexibility index (Phi) is 5.37. The second kappa shape index (κ2) is 7.18. The monoisotopic (exact) mass is 398 g/mol. The fourth-order valence-corrected chi connectivity index (χ4v) is 10.1. The lowest BCUT2D eigenvalue weighted by Crippen LogP contribution is -2.59. The van der Waals surface area contributed by atoms with E-state index in [0.717, 1.165) is 19.3 Å². The van der Waals surface area contributed by atoms with Crippen molar-refractivity contribution in [3.63, 3.8) is 0 Å². The highest BCUT2D eigenvalue weighted by molar-refractivity contribution is 8.20. The van der Waals surface area contributed by atoms with E-state index in [9.17, 15) is 9.90 Å². The molecule has 1 N–H and O–H groups in total. The Labute approximate surface area is 166 Å². The van der Waals surface area contributed by atoms with Crippen molar-refractivity contribution < 1.29 is 14.6 Å². The minimum atomic E-state index is -0.234. The predicted molar refractivity (Wildman–Crippen MR) is 109 cm³/mol. The molecule has 0 unspecified atom stereocenters. The first-order valence-corrected chi connectivity index (χ1v) is 12.5. The summed E-state index contributed by atoms with van der Waals surface area (Å²) in [5, 5.41) is 11.3. The summed E-state index contributed by atoms with van der Waals surface area (Å²) in [5.41, 5.74) is 0.251. The van der Waals surface area contributed by atoms with E-state index in [0.29, 0.717) is 27.8 Å². The number of esters is 1. The van der Waals surface area contributed by atoms with Crippen molar-refractivity contribution in [1.82, 2.24) is 0 Å². The predicted octanol–water partition coefficient (Wildman–Crippen LogP) is 4.72. The Morgan fingerprint density at radius 2 is 1.85 bits per heavy atom. The maximum Gasteiger partial charge on any atom is 0.302 e. The molecule has 5 heteroatoms. The van der Waals surface area contributed by atoms with Crippen LogP contribution in [-0.2, 0) is 9.53 Å². The molecular weight excluding hydrogens is 364 g/mol. The number of hydrogen-bond acceptors (Lipinski definition) is 5. The molecule has 4 aliphatic rings. The number of carbonyl (C=O) groups is 1. The van der Waals surface area contributed by atoms with E-state index in [1.165, 1.54) is 37.2 Å². The third kappa shape index (κ3) is 3.14. The molecule has 4 fully saturated rings. The van der Waals surface area contributed by atoms with Gasteiger partial charge >= 0.3 is 5.97 Å². The van der Waals surface area contributed by atoms with Crippen molar-refractivity contribution in [1.29, 1.82) is 0 Å². The van der Waals surface area contributed by atoms with Gasteiger partial charge in [0, 0.05) is 29.8 Å². The molecule has 1 aliphatic heterocycles. The van der Waals surface area contributed by atoms with Gasteiger partial charge in [0.2, 0.25) is 0 Å². The number of thioether (sulfide) groups is 2. The molecule has 4 rings (SSSR count). The maximum atomic E-state index is 11.8. The van der Waals surface area contributed by atoms with Crippen LogP contribution >= 0.6 is 23.5 Å². The van der Waals surface area contributed by atoms with Gasteiger partial charge in [0.15, 0.2) is 0 Å². The average molecular weight is 399 g/mol. The first kappa shape index (κ1) is 19.4. The van der Waals surface area contributed by atoms with E-state index in [1.807, 2.05) is 23.5 Å². The molecule has 0 spiro atoms. The van der Waals surface area contributed by atoms with Crippen LogP contribution in [-0.4, -0.2) is 39.4 Å². The summed E-state index contributed by atoms with van der Waals surface area (Å²) < 4.78 is 6.39. The standard InChI is InChI=1S/C21H34O3S2/c1-13(22)24-17-10-14-6-4-5-7-20(14,2)16-11-18(23)21(3,12-15(16)17)19-25-8-9-26-19/h14-19,23H,4-12H2,1-3H3/t14-,15+,16+,17+,18-,20+,21-/m1/s1. The number of carbonyl (C=O) groups excluding carboxylic acids is 1. The van der Waals surface area contributed by atoms with Crippen LogP contribution in [0.2, 0.25) is 0 Å². The van der Waals surface area contributed by atoms with Crippen LogP contribution in [0.3, 0.4) is 0 Å². The van der Waals surface area contributed by atoms with Gasteiger partial charge in [-0.3, -0.25) is 4.79 Å². The third-order valence-electron chi connectivity index (χ3n) is 8.20. The molecule has 1 saturated heterocycles. The lowest BCUT2D eigenvalue weighted by Gasteiger charge is -2.61. The molecule has 0 bridgehead atoms. The molecule has 0 aromatic rings. The summed E-state index contributed by atoms with van der Waals surface area (Å²) in [5.74, 6) is 3.80. The number of rotatable bonds is 2. The van der Waals surface area contributed by atoms with Gasteiger partial charge in [0.25, 0.3) is 0 Å². The zero-order chi connectivity index (χ0) is 18.5. The second-order valence-corrected chi connectivity index (χ2v) is 12.4. The summed E-state index contributed by atoms with van der Waals surface area (Å²) in [6.07, 6.45) is 7.92. The highest BCUT2D eigenvalue weighted by Gasteiger charge is 2.60. The van der Waals surface area contributed by atoms with Crippen LogP contribution in [0, 0.1) is 28.6 Å². The van der Waals surface area contributed by atoms with Gasteiger partial charge in [-0.1, -0.05) is 26.7 Å². The molecule has 7 atom stereocenters. The fourth-order valence-electron chi connectivity index (χ4n) is 6.72. The van der Waals surface area contributed by atoms with E-state index in [4.69, 9.17) is 4.74 Å². The highest BCUT2D eigenvalue weighted by atomic mass is 32.2. The summed E-state index contributed by atoms with van der Waals surface area (Å²) in [6.45, 7) is 6.33. The highest BCUT2D eigenvalue weighted by Crippen LogP contribution is 2.64. The Hall–Kier alpha value is 0.130. The molecule has 0 aromatic carbocycles. The Bertz CT molecular complexity index is 549. The van der Waals surface area contributed by atoms with E-state index in [2.05, 4.69) is 13.8 Å². The second-order valence-electron chi connectivity index (χ2n) is 9.64. The van der Waals surface area contributed by atoms with Gasteiger partial charge in [0.1, 0.15) is 6.10 Å². The fraction of sp³-hybridized carbons (Fsp3) is 0.952. The molecule has 0 aromatic heterocycles. The van der Waals surface area contributed by atoms with Gasteiger partial charge in [0.05, 0.1) is 10.7 Å². The molecule has 1 heterocycles. The molecule has 3 nitrogen and oxygen atoms in total. The zero-order valence-corrected chi connectivity index (χ0v) is 18.0. The molecule has 3 saturated carbocycles. The van der Waals surface area contributed by atoms with Crippen LogP contribution in [0.5, 0.6) is 0 Å². The lowest BCUT2D eigenvalue weighted by molar-refractivity contribution is -0.186. The van der Waals surface area contributed by atoms with Gasteiger partial charge in [-0.25, -0.2) is 0 Å². The van der Waals surface area contributed by atoms with Crippen LogP contribution in [0.1, 0.15) is 65.7 Å². The Morgan fingerprint density at radius 3 is 2.54 bits per heavy atom. The summed E-state index contributed by atoms with van der Waals surface area (Å²) in [4.78, 5) is 11.8. The van der Waals surface area contributed by atoms with Gasteiger partial charge in [-0.05, 0) is 49.4 Å². The van der Waals surface area contributed by atoms with Gasteiger partial charge < -0.3 is 9.84 Å². The largest absolute Gasteiger partial charge is 0.462 e. The minimum Gasteiger partial charge on any atom is -0.462 e. The van der Waals surface area contributed by atoms with Crippen LogP contribution < -0.4 is 0 Å². The summed E-state index contributed by atoms with van der Waals surface area (Å²) in [6, 6.07) is 0. The first-order chi connectivity index (χ1) is 12.3. The third-order valence-corrected chi connectivity index (χ3v) is 11.8.